The number of nitrogens with zero attached hydrogens (tertiary/aromatic N) is 2. The Bertz CT molecular complexity index is 699. The van der Waals surface area contributed by atoms with Crippen molar-refractivity contribution in [1.29, 1.82) is 0 Å². The van der Waals surface area contributed by atoms with Gasteiger partial charge in [0.15, 0.2) is 9.84 Å². The topological polar surface area (TPSA) is 97.6 Å². The molecule has 1 aromatic carbocycles. The maximum atomic E-state index is 12.3. The van der Waals surface area contributed by atoms with E-state index in [-0.39, 0.29) is 28.8 Å². The first-order valence-corrected chi connectivity index (χ1v) is 8.26. The van der Waals surface area contributed by atoms with Crippen molar-refractivity contribution in [2.75, 3.05) is 18.6 Å². The highest BCUT2D eigenvalue weighted by atomic mass is 32.2. The lowest BCUT2D eigenvalue weighted by Gasteiger charge is -2.23. The summed E-state index contributed by atoms with van der Waals surface area (Å²) in [5, 5.41) is 10.9. The molecule has 0 aromatic heterocycles. The van der Waals surface area contributed by atoms with E-state index in [1.165, 1.54) is 30.1 Å². The smallest absolute Gasteiger partial charge is 0.273 e. The summed E-state index contributed by atoms with van der Waals surface area (Å²) in [6.45, 7) is 1.60. The molecule has 0 saturated carbocycles. The highest BCUT2D eigenvalue weighted by molar-refractivity contribution is 7.91. The minimum Gasteiger partial charge on any atom is -0.338 e. The maximum absolute atomic E-state index is 12.3. The molecule has 1 aliphatic rings. The third kappa shape index (κ3) is 3.21. The first-order chi connectivity index (χ1) is 9.71. The van der Waals surface area contributed by atoms with Gasteiger partial charge in [-0.25, -0.2) is 8.42 Å². The summed E-state index contributed by atoms with van der Waals surface area (Å²) in [6.07, 6.45) is 0.401. The summed E-state index contributed by atoms with van der Waals surface area (Å²) in [5.41, 5.74) is 0.551. The molecule has 0 N–H and O–H groups in total. The Morgan fingerprint density at radius 3 is 2.62 bits per heavy atom. The van der Waals surface area contributed by atoms with Crippen molar-refractivity contribution in [1.82, 2.24) is 4.90 Å². The number of amides is 1. The van der Waals surface area contributed by atoms with Gasteiger partial charge in [-0.1, -0.05) is 6.07 Å². The van der Waals surface area contributed by atoms with E-state index in [0.29, 0.717) is 12.0 Å². The minimum atomic E-state index is -3.09. The highest BCUT2D eigenvalue weighted by Crippen LogP contribution is 2.22. The maximum Gasteiger partial charge on any atom is 0.273 e. The van der Waals surface area contributed by atoms with Crippen LogP contribution in [-0.4, -0.2) is 48.7 Å². The normalized spacial score (nSPS) is 20.2. The van der Waals surface area contributed by atoms with Gasteiger partial charge in [-0.05, 0) is 19.4 Å². The Labute approximate surface area is 122 Å². The predicted molar refractivity (Wildman–Crippen MR) is 77.0 cm³/mol. The molecule has 7 nitrogen and oxygen atoms in total. The second-order valence-corrected chi connectivity index (χ2v) is 7.46. The second-order valence-electron chi connectivity index (χ2n) is 5.23. The number of carbonyl (C=O) groups is 1. The number of nitro groups is 1. The van der Waals surface area contributed by atoms with Crippen molar-refractivity contribution in [2.24, 2.45) is 0 Å². The van der Waals surface area contributed by atoms with E-state index in [2.05, 4.69) is 0 Å². The molecule has 2 rings (SSSR count). The quantitative estimate of drug-likeness (QED) is 0.616. The molecule has 0 bridgehead atoms. The van der Waals surface area contributed by atoms with E-state index in [9.17, 15) is 23.3 Å². The molecular formula is C13H16N2O5S. The average molecular weight is 312 g/mol. The molecule has 1 aliphatic heterocycles. The summed E-state index contributed by atoms with van der Waals surface area (Å²) in [7, 11) is -1.56. The molecule has 1 heterocycles. The summed E-state index contributed by atoms with van der Waals surface area (Å²) in [6, 6.07) is 3.90. The number of carbonyl (C=O) groups excluding carboxylic acids is 1. The van der Waals surface area contributed by atoms with Gasteiger partial charge in [-0.15, -0.1) is 0 Å². The van der Waals surface area contributed by atoms with Gasteiger partial charge in [-0.2, -0.15) is 0 Å². The zero-order chi connectivity index (χ0) is 15.8. The third-order valence-electron chi connectivity index (χ3n) is 3.73. The van der Waals surface area contributed by atoms with Crippen LogP contribution in [0.3, 0.4) is 0 Å². The summed E-state index contributed by atoms with van der Waals surface area (Å²) in [4.78, 5) is 24.1. The molecule has 8 heteroatoms. The van der Waals surface area contributed by atoms with Gasteiger partial charge in [-0.3, -0.25) is 14.9 Å². The van der Waals surface area contributed by atoms with Crippen LogP contribution in [-0.2, 0) is 9.84 Å². The lowest BCUT2D eigenvalue weighted by molar-refractivity contribution is -0.385. The van der Waals surface area contributed by atoms with Gasteiger partial charge >= 0.3 is 0 Å². The molecule has 21 heavy (non-hydrogen) atoms. The number of hydrogen-bond donors (Lipinski definition) is 0. The molecular weight excluding hydrogens is 296 g/mol. The number of rotatable bonds is 3. The second kappa shape index (κ2) is 5.44. The van der Waals surface area contributed by atoms with Crippen LogP contribution < -0.4 is 0 Å². The largest absolute Gasteiger partial charge is 0.338 e. The van der Waals surface area contributed by atoms with Crippen molar-refractivity contribution < 1.29 is 18.1 Å². The number of sulfone groups is 1. The molecule has 1 atom stereocenters. The monoisotopic (exact) mass is 312 g/mol. The molecule has 114 valence electrons. The summed E-state index contributed by atoms with van der Waals surface area (Å²) < 4.78 is 22.9. The summed E-state index contributed by atoms with van der Waals surface area (Å²) >= 11 is 0. The van der Waals surface area contributed by atoms with Crippen molar-refractivity contribution >= 4 is 21.4 Å². The molecule has 1 fully saturated rings. The fourth-order valence-electron chi connectivity index (χ4n) is 2.39. The van der Waals surface area contributed by atoms with E-state index in [0.717, 1.165) is 0 Å². The Hall–Kier alpha value is -1.96. The zero-order valence-corrected chi connectivity index (χ0v) is 12.6. The van der Waals surface area contributed by atoms with Gasteiger partial charge < -0.3 is 4.90 Å². The fourth-order valence-corrected chi connectivity index (χ4v) is 4.16. The van der Waals surface area contributed by atoms with E-state index >= 15 is 0 Å². The lowest BCUT2D eigenvalue weighted by Crippen LogP contribution is -2.37. The van der Waals surface area contributed by atoms with E-state index < -0.39 is 20.7 Å². The molecule has 0 radical (unpaired) electrons. The minimum absolute atomic E-state index is 0.0524. The average Bonchev–Trinajstić information content (AvgIpc) is 2.77. The molecule has 0 spiro atoms. The van der Waals surface area contributed by atoms with E-state index in [1.807, 2.05) is 0 Å². The van der Waals surface area contributed by atoms with Gasteiger partial charge in [0, 0.05) is 30.3 Å². The standard InChI is InChI=1S/C13H16N2O5S/c1-9-3-4-10(7-12(9)15(17)18)13(16)14(2)11-5-6-21(19,20)8-11/h3-4,7,11H,5-6,8H2,1-2H3. The molecule has 1 unspecified atom stereocenters. The van der Waals surface area contributed by atoms with Crippen LogP contribution in [0.4, 0.5) is 5.69 Å². The Morgan fingerprint density at radius 1 is 1.43 bits per heavy atom. The van der Waals surface area contributed by atoms with E-state index in [1.54, 1.807) is 6.92 Å². The number of benzene rings is 1. The lowest BCUT2D eigenvalue weighted by atomic mass is 10.1. The number of nitro benzene ring substituents is 1. The number of aryl methyl sites for hydroxylation is 1. The molecule has 1 amide bonds. The zero-order valence-electron chi connectivity index (χ0n) is 11.8. The van der Waals surface area contributed by atoms with Crippen LogP contribution in [0.5, 0.6) is 0 Å². The van der Waals surface area contributed by atoms with E-state index in [4.69, 9.17) is 0 Å². The van der Waals surface area contributed by atoms with Gasteiger partial charge in [0.2, 0.25) is 0 Å². The van der Waals surface area contributed by atoms with Crippen LogP contribution in [0, 0.1) is 17.0 Å². The van der Waals surface area contributed by atoms with Gasteiger partial charge in [0.1, 0.15) is 0 Å². The summed E-state index contributed by atoms with van der Waals surface area (Å²) in [5.74, 6) is -0.382. The van der Waals surface area contributed by atoms with Crippen LogP contribution in [0.1, 0.15) is 22.3 Å². The third-order valence-corrected chi connectivity index (χ3v) is 5.48. The molecule has 1 aromatic rings. The Kier molecular flexibility index (Phi) is 3.99. The van der Waals surface area contributed by atoms with Crippen LogP contribution in [0.15, 0.2) is 18.2 Å². The number of hydrogen-bond acceptors (Lipinski definition) is 5. The van der Waals surface area contributed by atoms with Crippen molar-refractivity contribution in [3.8, 4) is 0 Å². The molecule has 1 saturated heterocycles. The SMILES string of the molecule is Cc1ccc(C(=O)N(C)C2CCS(=O)(=O)C2)cc1[N+](=O)[O-]. The Morgan fingerprint density at radius 2 is 2.10 bits per heavy atom. The van der Waals surface area contributed by atoms with Gasteiger partial charge in [0.05, 0.1) is 16.4 Å². The van der Waals surface area contributed by atoms with Crippen molar-refractivity contribution in [3.05, 3.63) is 39.4 Å². The Balaban J connectivity index is 2.24. The van der Waals surface area contributed by atoms with Crippen LogP contribution in [0.2, 0.25) is 0 Å². The first kappa shape index (κ1) is 15.4. The predicted octanol–water partition coefficient (Wildman–Crippen LogP) is 1.16. The molecule has 0 aliphatic carbocycles. The van der Waals surface area contributed by atoms with Gasteiger partial charge in [0.25, 0.3) is 11.6 Å². The first-order valence-electron chi connectivity index (χ1n) is 6.44. The van der Waals surface area contributed by atoms with Crippen molar-refractivity contribution in [2.45, 2.75) is 19.4 Å². The van der Waals surface area contributed by atoms with Crippen LogP contribution >= 0.6 is 0 Å². The van der Waals surface area contributed by atoms with Crippen LogP contribution in [0.25, 0.3) is 0 Å². The fraction of sp³-hybridized carbons (Fsp3) is 0.462. The highest BCUT2D eigenvalue weighted by Gasteiger charge is 2.33. The van der Waals surface area contributed by atoms with Crippen molar-refractivity contribution in [3.63, 3.8) is 0 Å².